The normalized spacial score (nSPS) is 18.8. The lowest BCUT2D eigenvalue weighted by Gasteiger charge is -2.26. The number of aliphatic hydroxyl groups is 1. The number of ether oxygens (including phenoxy) is 1. The van der Waals surface area contributed by atoms with Crippen LogP contribution in [0.25, 0.3) is 0 Å². The SMILES string of the molecule is N#CCc1ccc(OCC(O)CN2CCCC2Cn2cncn2)cc1. The van der Waals surface area contributed by atoms with Gasteiger partial charge in [-0.25, -0.2) is 4.98 Å². The molecule has 3 rings (SSSR count). The lowest BCUT2D eigenvalue weighted by molar-refractivity contribution is 0.0609. The van der Waals surface area contributed by atoms with E-state index in [4.69, 9.17) is 10.00 Å². The number of aromatic nitrogens is 3. The van der Waals surface area contributed by atoms with E-state index in [0.29, 0.717) is 24.8 Å². The predicted octanol–water partition coefficient (Wildman–Crippen LogP) is 1.25. The summed E-state index contributed by atoms with van der Waals surface area (Å²) >= 11 is 0. The molecular weight excluding hydrogens is 318 g/mol. The van der Waals surface area contributed by atoms with Gasteiger partial charge in [0.1, 0.15) is 31.1 Å². The second-order valence-electron chi connectivity index (χ2n) is 6.35. The van der Waals surface area contributed by atoms with Crippen molar-refractivity contribution in [1.29, 1.82) is 5.26 Å². The second kappa shape index (κ2) is 8.60. The molecule has 1 aromatic carbocycles. The molecule has 0 saturated carbocycles. The number of likely N-dealkylation sites (tertiary alicyclic amines) is 1. The molecule has 7 nitrogen and oxygen atoms in total. The zero-order chi connectivity index (χ0) is 17.5. The predicted molar refractivity (Wildman–Crippen MR) is 91.9 cm³/mol. The van der Waals surface area contributed by atoms with Crippen LogP contribution in [0.2, 0.25) is 0 Å². The summed E-state index contributed by atoms with van der Waals surface area (Å²) in [5.41, 5.74) is 0.961. The maximum atomic E-state index is 10.3. The van der Waals surface area contributed by atoms with Crippen LogP contribution in [0.4, 0.5) is 0 Å². The summed E-state index contributed by atoms with van der Waals surface area (Å²) in [6, 6.07) is 9.92. The molecule has 1 aliphatic heterocycles. The zero-order valence-electron chi connectivity index (χ0n) is 14.2. The number of benzene rings is 1. The maximum absolute atomic E-state index is 10.3. The number of hydrogen-bond donors (Lipinski definition) is 1. The number of aliphatic hydroxyl groups excluding tert-OH is 1. The van der Waals surface area contributed by atoms with Gasteiger partial charge in [-0.3, -0.25) is 9.58 Å². The first kappa shape index (κ1) is 17.4. The molecule has 25 heavy (non-hydrogen) atoms. The first-order valence-electron chi connectivity index (χ1n) is 8.58. The average molecular weight is 341 g/mol. The first-order valence-corrected chi connectivity index (χ1v) is 8.58. The maximum Gasteiger partial charge on any atom is 0.137 e. The van der Waals surface area contributed by atoms with Gasteiger partial charge >= 0.3 is 0 Å². The van der Waals surface area contributed by atoms with E-state index >= 15 is 0 Å². The van der Waals surface area contributed by atoms with Crippen molar-refractivity contribution in [3.05, 3.63) is 42.5 Å². The van der Waals surface area contributed by atoms with Crippen LogP contribution in [-0.4, -0.2) is 56.6 Å². The second-order valence-corrected chi connectivity index (χ2v) is 6.35. The van der Waals surface area contributed by atoms with Crippen molar-refractivity contribution in [3.8, 4) is 11.8 Å². The summed E-state index contributed by atoms with van der Waals surface area (Å²) in [6.07, 6.45) is 5.36. The minimum absolute atomic E-state index is 0.254. The summed E-state index contributed by atoms with van der Waals surface area (Å²) in [7, 11) is 0. The van der Waals surface area contributed by atoms with Crippen LogP contribution in [0.15, 0.2) is 36.9 Å². The number of rotatable bonds is 8. The van der Waals surface area contributed by atoms with E-state index < -0.39 is 6.10 Å². The fourth-order valence-corrected chi connectivity index (χ4v) is 3.20. The molecule has 1 N–H and O–H groups in total. The molecule has 0 bridgehead atoms. The minimum Gasteiger partial charge on any atom is -0.491 e. The van der Waals surface area contributed by atoms with Crippen molar-refractivity contribution >= 4 is 0 Å². The van der Waals surface area contributed by atoms with Crippen LogP contribution in [0.1, 0.15) is 18.4 Å². The highest BCUT2D eigenvalue weighted by molar-refractivity contribution is 5.28. The standard InChI is InChI=1S/C18H23N5O2/c19-8-7-15-3-5-18(6-4-15)25-12-17(24)11-22-9-1-2-16(22)10-23-14-20-13-21-23/h3-6,13-14,16-17,24H,1-2,7,9-12H2. The van der Waals surface area contributed by atoms with E-state index in [0.717, 1.165) is 31.5 Å². The Balaban J connectivity index is 1.45. The molecule has 1 fully saturated rings. The Labute approximate surface area is 147 Å². The molecule has 0 radical (unpaired) electrons. The van der Waals surface area contributed by atoms with Crippen LogP contribution in [0.3, 0.4) is 0 Å². The third-order valence-electron chi connectivity index (χ3n) is 4.46. The number of nitrogens with zero attached hydrogens (tertiary/aromatic N) is 5. The molecule has 7 heteroatoms. The Hall–Kier alpha value is -2.43. The van der Waals surface area contributed by atoms with E-state index in [1.54, 1.807) is 12.7 Å². The quantitative estimate of drug-likeness (QED) is 0.777. The molecule has 2 atom stereocenters. The van der Waals surface area contributed by atoms with E-state index in [-0.39, 0.29) is 6.61 Å². The van der Waals surface area contributed by atoms with E-state index in [9.17, 15) is 5.11 Å². The lowest BCUT2D eigenvalue weighted by Crippen LogP contribution is -2.40. The van der Waals surface area contributed by atoms with Gasteiger partial charge in [0, 0.05) is 12.6 Å². The van der Waals surface area contributed by atoms with Gasteiger partial charge in [0.05, 0.1) is 19.0 Å². The van der Waals surface area contributed by atoms with Gasteiger partial charge in [-0.2, -0.15) is 10.4 Å². The van der Waals surface area contributed by atoms with Gasteiger partial charge in [-0.05, 0) is 37.1 Å². The molecule has 1 aromatic heterocycles. The fourth-order valence-electron chi connectivity index (χ4n) is 3.20. The third kappa shape index (κ3) is 5.02. The molecule has 0 spiro atoms. The van der Waals surface area contributed by atoms with Gasteiger partial charge in [0.25, 0.3) is 0 Å². The topological polar surface area (TPSA) is 87.2 Å². The molecule has 132 valence electrons. The highest BCUT2D eigenvalue weighted by Crippen LogP contribution is 2.19. The van der Waals surface area contributed by atoms with Gasteiger partial charge in [-0.1, -0.05) is 12.1 Å². The summed E-state index contributed by atoms with van der Waals surface area (Å²) in [4.78, 5) is 6.27. The highest BCUT2D eigenvalue weighted by atomic mass is 16.5. The lowest BCUT2D eigenvalue weighted by atomic mass is 10.2. The van der Waals surface area contributed by atoms with Crippen LogP contribution >= 0.6 is 0 Å². The molecule has 1 saturated heterocycles. The first-order chi connectivity index (χ1) is 12.2. The number of β-amino-alcohol motifs (C(OH)–C–C–N with tert-alkyl or cyclic N) is 1. The Kier molecular flexibility index (Phi) is 5.99. The molecular formula is C18H23N5O2. The summed E-state index contributed by atoms with van der Waals surface area (Å²) in [6.45, 7) is 2.63. The van der Waals surface area contributed by atoms with Gasteiger partial charge in [0.15, 0.2) is 0 Å². The third-order valence-corrected chi connectivity index (χ3v) is 4.46. The Morgan fingerprint density at radius 3 is 2.92 bits per heavy atom. The molecule has 2 aromatic rings. The van der Waals surface area contributed by atoms with Gasteiger partial charge in [-0.15, -0.1) is 0 Å². The molecule has 2 heterocycles. The number of nitriles is 1. The zero-order valence-corrected chi connectivity index (χ0v) is 14.2. The monoisotopic (exact) mass is 341 g/mol. The molecule has 0 aliphatic carbocycles. The van der Waals surface area contributed by atoms with Crippen LogP contribution in [0.5, 0.6) is 5.75 Å². The molecule has 1 aliphatic rings. The minimum atomic E-state index is -0.546. The van der Waals surface area contributed by atoms with Crippen molar-refractivity contribution in [2.45, 2.75) is 38.0 Å². The van der Waals surface area contributed by atoms with Gasteiger partial charge in [0.2, 0.25) is 0 Å². The number of hydrogen-bond acceptors (Lipinski definition) is 6. The van der Waals surface area contributed by atoms with Crippen molar-refractivity contribution < 1.29 is 9.84 Å². The van der Waals surface area contributed by atoms with Crippen molar-refractivity contribution in [1.82, 2.24) is 19.7 Å². The van der Waals surface area contributed by atoms with Gasteiger partial charge < -0.3 is 9.84 Å². The van der Waals surface area contributed by atoms with Crippen LogP contribution < -0.4 is 4.74 Å². The summed E-state index contributed by atoms with van der Waals surface area (Å²) in [5.74, 6) is 0.710. The van der Waals surface area contributed by atoms with Crippen molar-refractivity contribution in [2.75, 3.05) is 19.7 Å². The average Bonchev–Trinajstić information content (AvgIpc) is 3.28. The summed E-state index contributed by atoms with van der Waals surface area (Å²) < 4.78 is 7.51. The molecule has 2 unspecified atom stereocenters. The fraction of sp³-hybridized carbons (Fsp3) is 0.500. The van der Waals surface area contributed by atoms with E-state index in [1.165, 1.54) is 0 Å². The van der Waals surface area contributed by atoms with E-state index in [1.807, 2.05) is 28.9 Å². The van der Waals surface area contributed by atoms with Crippen LogP contribution in [-0.2, 0) is 13.0 Å². The summed E-state index contributed by atoms with van der Waals surface area (Å²) in [5, 5.41) is 23.1. The smallest absolute Gasteiger partial charge is 0.137 e. The Morgan fingerprint density at radius 2 is 2.20 bits per heavy atom. The van der Waals surface area contributed by atoms with Crippen molar-refractivity contribution in [2.24, 2.45) is 0 Å². The largest absolute Gasteiger partial charge is 0.491 e. The Bertz CT molecular complexity index is 680. The highest BCUT2D eigenvalue weighted by Gasteiger charge is 2.26. The van der Waals surface area contributed by atoms with E-state index in [2.05, 4.69) is 21.1 Å². The molecule has 0 amide bonds. The van der Waals surface area contributed by atoms with Crippen LogP contribution in [0, 0.1) is 11.3 Å². The van der Waals surface area contributed by atoms with Crippen molar-refractivity contribution in [3.63, 3.8) is 0 Å². The Morgan fingerprint density at radius 1 is 1.36 bits per heavy atom.